The van der Waals surface area contributed by atoms with Gasteiger partial charge in [0.05, 0.1) is 31.1 Å². The van der Waals surface area contributed by atoms with Crippen LogP contribution in [-0.4, -0.2) is 348 Å². The van der Waals surface area contributed by atoms with Crippen LogP contribution in [0.25, 0.3) is 0 Å². The van der Waals surface area contributed by atoms with E-state index in [2.05, 4.69) is 217 Å². The van der Waals surface area contributed by atoms with E-state index in [0.29, 0.717) is 6.07 Å². The average Bonchev–Trinajstić information content (AvgIpc) is 1.17. The lowest BCUT2D eigenvalue weighted by Gasteiger charge is -2.54. The first-order valence-electron chi connectivity index (χ1n) is 37.6. The lowest BCUT2D eigenvalue weighted by molar-refractivity contribution is -0.362. The summed E-state index contributed by atoms with van der Waals surface area (Å²) in [6.45, 7) is 67.6. The molecule has 42 nitrogen and oxygen atoms in total. The van der Waals surface area contributed by atoms with Crippen LogP contribution in [0, 0.1) is 0 Å². The number of benzene rings is 1. The molecule has 0 radical (unpaired) electrons. The van der Waals surface area contributed by atoms with E-state index in [0.717, 1.165) is 12.1 Å². The molecule has 3 aliphatic heterocycles. The standard InChI is InChI=1S/C22H29NO34S8.7C6H15N/c1-2-47-23-12-8(13(24)19(23)25)4-3-5-9(12)22(11(7-49-60(29,30)31)51-21(58)17(56-64(41,42)43)18(22)57-65(44,45)46)52-20-16(55-63(38,39)40)15(54-62(35,36)37)14(53-61(32,33)34)10(50-20)6-48-59(26,27)28;7*1-4-7(5-2)6-3/h3-5,10-11,14-18,20-21,58H,2,6-7H2,1H3,(H,26,27,28)(H,29,30,31)(H,32,33,34)(H,35,36,37)(H,38,39,40)(H,41,42,43)(H,44,45,46);7*4-6H2,1-3H3/t10-,11-,14-,15+,16-,17-,18-,20-,21+,22-;;;;;;;/m1......./s1. The molecule has 0 unspecified atom stereocenters. The van der Waals surface area contributed by atoms with Crippen molar-refractivity contribution in [3.63, 3.8) is 0 Å². The Morgan fingerprint density at radius 2 is 0.675 bits per heavy atom. The Labute approximate surface area is 685 Å². The second-order valence-electron chi connectivity index (χ2n) is 23.7. The summed E-state index contributed by atoms with van der Waals surface area (Å²) < 4.78 is 285. The van der Waals surface area contributed by atoms with E-state index in [1.54, 1.807) is 0 Å². The minimum absolute atomic E-state index is 0.0611. The molecule has 2 fully saturated rings. The van der Waals surface area contributed by atoms with Crippen molar-refractivity contribution in [2.75, 3.05) is 162 Å². The second kappa shape index (κ2) is 59.2. The highest BCUT2D eigenvalue weighted by molar-refractivity contribution is 7.82. The molecule has 1 amide bonds. The third-order valence-corrected chi connectivity index (χ3v) is 21.1. The van der Waals surface area contributed by atoms with E-state index < -0.39 is 181 Å². The molecule has 4 rings (SSSR count). The average molecular weight is 1820 g/mol. The van der Waals surface area contributed by atoms with Crippen molar-refractivity contribution in [3.05, 3.63) is 29.3 Å². The predicted octanol–water partition coefficient (Wildman–Crippen LogP) is 4.77. The van der Waals surface area contributed by atoms with Gasteiger partial charge in [-0.2, -0.15) is 64.0 Å². The zero-order valence-electron chi connectivity index (χ0n) is 69.9. The van der Waals surface area contributed by atoms with Gasteiger partial charge in [-0.05, 0) is 150 Å². The zero-order valence-corrected chi connectivity index (χ0v) is 76.5. The van der Waals surface area contributed by atoms with Gasteiger partial charge in [-0.1, -0.05) is 158 Å². The highest BCUT2D eigenvalue weighted by Crippen LogP contribution is 2.52. The number of ketones is 1. The van der Waals surface area contributed by atoms with Gasteiger partial charge in [0.2, 0.25) is 0 Å². The number of nitrogens with zero attached hydrogens (tertiary/aromatic N) is 8. The SMILES string of the molecule is CCN(CC)CC.CCN(CC)CC.CCN(CC)CC.CCN(CC)CC.CCN(CC)CC.CCN(CC)CC.CCN(CC)CC.CCON1C(=O)C(=O)c2cccc([C@]3(O[C@H]4O[C@H](COS(=O)(=O)O)[C@@H](OS(=O)(=O)O)[C@H](OS(=O)(=O)O)[C@H]4OS(=O)(=O)O)[C@H](OS(=O)(=O)O)[C@@H](OS(=O)(=O)O)[C@H](S)O[C@@H]3COS(=O)(=O)O)c21. The monoisotopic (exact) mass is 1810 g/mol. The van der Waals surface area contributed by atoms with Crippen molar-refractivity contribution < 1.29 is 149 Å². The molecule has 0 bridgehead atoms. The Bertz CT molecular complexity index is 3460. The molecule has 10 atom stereocenters. The molecule has 2 saturated heterocycles. The van der Waals surface area contributed by atoms with Crippen LogP contribution in [0.1, 0.15) is 168 Å². The largest absolute Gasteiger partial charge is 0.397 e. The van der Waals surface area contributed by atoms with Crippen LogP contribution in [0.4, 0.5) is 5.69 Å². The Morgan fingerprint density at radius 3 is 0.956 bits per heavy atom. The van der Waals surface area contributed by atoms with E-state index in [1.165, 1.54) is 144 Å². The van der Waals surface area contributed by atoms with Crippen LogP contribution in [-0.2, 0) is 132 Å². The van der Waals surface area contributed by atoms with Crippen LogP contribution < -0.4 is 5.06 Å². The van der Waals surface area contributed by atoms with E-state index in [4.69, 9.17) is 23.2 Å². The van der Waals surface area contributed by atoms with Gasteiger partial charge in [-0.25, -0.2) is 29.3 Å². The summed E-state index contributed by atoms with van der Waals surface area (Å²) in [6.07, 6.45) is -26.0. The molecule has 50 heteroatoms. The van der Waals surface area contributed by atoms with Crippen molar-refractivity contribution in [3.8, 4) is 0 Å². The number of anilines is 1. The van der Waals surface area contributed by atoms with E-state index >= 15 is 0 Å². The molecule has 3 heterocycles. The molecule has 0 spiro atoms. The molecular weight excluding hydrogens is 1680 g/mol. The highest BCUT2D eigenvalue weighted by atomic mass is 32.3. The van der Waals surface area contributed by atoms with Gasteiger partial charge in [0.25, 0.3) is 5.78 Å². The topological polar surface area (TPSA) is 542 Å². The fourth-order valence-corrected chi connectivity index (χ4v) is 14.5. The Morgan fingerprint density at radius 1 is 0.386 bits per heavy atom. The van der Waals surface area contributed by atoms with Crippen molar-refractivity contribution in [1.29, 1.82) is 0 Å². The fourth-order valence-electron chi connectivity index (χ4n) is 11.0. The summed E-state index contributed by atoms with van der Waals surface area (Å²) in [4.78, 5) is 48.4. The summed E-state index contributed by atoms with van der Waals surface area (Å²) >= 11 is 3.85. The van der Waals surface area contributed by atoms with Crippen molar-refractivity contribution in [1.82, 2.24) is 34.3 Å². The maximum atomic E-state index is 13.3. The lowest BCUT2D eigenvalue weighted by atomic mass is 9.77. The number of fused-ring (bicyclic) bond motifs is 1. The van der Waals surface area contributed by atoms with E-state index in [9.17, 15) is 100 Å². The number of Topliss-reactive ketones (excluding diaryl/α,β-unsaturated/α-hetero) is 1. The summed E-state index contributed by atoms with van der Waals surface area (Å²) in [5.41, 5.74) is -9.67. The van der Waals surface area contributed by atoms with Crippen molar-refractivity contribution in [2.45, 2.75) is 212 Å². The third-order valence-electron chi connectivity index (χ3n) is 17.5. The summed E-state index contributed by atoms with van der Waals surface area (Å²) in [7, 11) is -42.7. The molecule has 682 valence electrons. The minimum atomic E-state index is -6.31. The lowest BCUT2D eigenvalue weighted by Crippen LogP contribution is -2.70. The maximum Gasteiger partial charge on any atom is 0.397 e. The molecule has 0 aromatic heterocycles. The van der Waals surface area contributed by atoms with Gasteiger partial charge < -0.3 is 48.5 Å². The smallest absolute Gasteiger partial charge is 0.356 e. The Hall–Kier alpha value is -2.64. The zero-order chi connectivity index (χ0) is 89.6. The molecule has 3 aliphatic rings. The minimum Gasteiger partial charge on any atom is -0.356 e. The van der Waals surface area contributed by atoms with Gasteiger partial charge in [0.1, 0.15) is 42.1 Å². The number of hydrogen-bond acceptors (Lipinski definition) is 35. The number of para-hydroxylation sites is 1. The second-order valence-corrected chi connectivity index (χ2v) is 31.6. The van der Waals surface area contributed by atoms with Gasteiger partial charge in [0.15, 0.2) is 18.0 Å². The number of hydrogen-bond donors (Lipinski definition) is 8. The Balaban J connectivity index is -0.000000979. The van der Waals surface area contributed by atoms with Gasteiger partial charge in [-0.15, -0.1) is 12.6 Å². The first-order chi connectivity index (χ1) is 52.7. The molecule has 0 saturated carbocycles. The van der Waals surface area contributed by atoms with E-state index in [1.807, 2.05) is 0 Å². The van der Waals surface area contributed by atoms with E-state index in [-0.39, 0.29) is 5.06 Å². The molecule has 7 N–H and O–H groups in total. The first kappa shape index (κ1) is 118. The fraction of sp³-hybridized carbons (Fsp3) is 0.875. The van der Waals surface area contributed by atoms with Crippen LogP contribution in [0.3, 0.4) is 0 Å². The predicted molar refractivity (Wildman–Crippen MR) is 430 cm³/mol. The number of thiol groups is 1. The first-order valence-corrected chi connectivity index (χ1v) is 47.7. The molecule has 0 aliphatic carbocycles. The number of ether oxygens (including phenoxy) is 3. The Kier molecular flexibility index (Phi) is 61.1. The van der Waals surface area contributed by atoms with Crippen molar-refractivity contribution >= 4 is 103 Å². The normalized spacial score (nSPS) is 21.4. The van der Waals surface area contributed by atoms with Crippen LogP contribution >= 0.6 is 12.6 Å². The highest BCUT2D eigenvalue weighted by Gasteiger charge is 2.67. The van der Waals surface area contributed by atoms with Crippen LogP contribution in [0.15, 0.2) is 18.2 Å². The van der Waals surface area contributed by atoms with Gasteiger partial charge >= 0.3 is 78.7 Å². The third kappa shape index (κ3) is 47.5. The number of carbonyl (C=O) groups excluding carboxylic acids is 2. The maximum absolute atomic E-state index is 13.3. The van der Waals surface area contributed by atoms with Crippen LogP contribution in [0.5, 0.6) is 0 Å². The van der Waals surface area contributed by atoms with Gasteiger partial charge in [-0.3, -0.25) is 46.3 Å². The summed E-state index contributed by atoms with van der Waals surface area (Å²) in [6, 6.07) is 2.09. The number of rotatable bonds is 42. The van der Waals surface area contributed by atoms with Crippen molar-refractivity contribution in [2.24, 2.45) is 0 Å². The number of amides is 1. The number of carbonyl (C=O) groups is 2. The summed E-state index contributed by atoms with van der Waals surface area (Å²) in [5, 5.41) is 0.0611. The van der Waals surface area contributed by atoms with Gasteiger partial charge in [0, 0.05) is 5.56 Å². The molecule has 1 aromatic rings. The number of hydroxylamine groups is 1. The molecular formula is C64H134N8O34S8. The molecule has 114 heavy (non-hydrogen) atoms. The van der Waals surface area contributed by atoms with Crippen LogP contribution in [0.2, 0.25) is 0 Å². The summed E-state index contributed by atoms with van der Waals surface area (Å²) in [5.74, 6) is -3.21. The quantitative estimate of drug-likeness (QED) is 0.0248. The molecule has 1 aromatic carbocycles.